The van der Waals surface area contributed by atoms with E-state index in [0.29, 0.717) is 5.56 Å². The van der Waals surface area contributed by atoms with Gasteiger partial charge in [0.25, 0.3) is 0 Å². The van der Waals surface area contributed by atoms with E-state index >= 15 is 0 Å². The zero-order valence-corrected chi connectivity index (χ0v) is 15.9. The van der Waals surface area contributed by atoms with Gasteiger partial charge in [0.2, 0.25) is 11.4 Å². The van der Waals surface area contributed by atoms with Gasteiger partial charge in [0.05, 0.1) is 24.7 Å². The highest BCUT2D eigenvalue weighted by molar-refractivity contribution is 6.27. The molecular weight excluding hydrogens is 394 g/mol. The summed E-state index contributed by atoms with van der Waals surface area (Å²) in [4.78, 5) is 64.2. The number of phenols is 1. The Balaban J connectivity index is 1.86. The minimum atomic E-state index is -2.44. The van der Waals surface area contributed by atoms with E-state index in [9.17, 15) is 34.3 Å². The molecule has 9 heteroatoms. The standard InChI is InChI=1S/C21H17NO8/c1-29-20(28)30-21-11(7-14(24)12(8-22)18(21)26)6-10-5-9-3-2-4-13(23)15(9)17(25)16(10)19(21)27/h2-4,10-12,16,23H,5-7H2,1H3/t10?,11?,12?,16?,21-/m1/s1. The quantitative estimate of drug-likeness (QED) is 0.531. The summed E-state index contributed by atoms with van der Waals surface area (Å²) >= 11 is 0. The lowest BCUT2D eigenvalue weighted by Gasteiger charge is -2.49. The van der Waals surface area contributed by atoms with Crippen LogP contribution in [0.25, 0.3) is 0 Å². The van der Waals surface area contributed by atoms with E-state index in [1.807, 2.05) is 0 Å². The molecule has 154 valence electrons. The molecule has 0 bridgehead atoms. The Labute approximate surface area is 170 Å². The molecule has 0 spiro atoms. The van der Waals surface area contributed by atoms with E-state index in [-0.39, 0.29) is 30.6 Å². The van der Waals surface area contributed by atoms with Crippen molar-refractivity contribution in [3.05, 3.63) is 29.3 Å². The lowest BCUT2D eigenvalue weighted by Crippen LogP contribution is -2.68. The largest absolute Gasteiger partial charge is 0.509 e. The monoisotopic (exact) mass is 411 g/mol. The van der Waals surface area contributed by atoms with Crippen molar-refractivity contribution in [3.63, 3.8) is 0 Å². The molecule has 30 heavy (non-hydrogen) atoms. The van der Waals surface area contributed by atoms with Crippen molar-refractivity contribution in [1.29, 1.82) is 5.26 Å². The summed E-state index contributed by atoms with van der Waals surface area (Å²) in [5.74, 6) is -8.36. The molecule has 4 unspecified atom stereocenters. The lowest BCUT2D eigenvalue weighted by atomic mass is 9.54. The van der Waals surface area contributed by atoms with Crippen LogP contribution in [0.15, 0.2) is 18.2 Å². The van der Waals surface area contributed by atoms with Crippen LogP contribution in [0.5, 0.6) is 5.75 Å². The molecule has 0 aromatic heterocycles. The maximum atomic E-state index is 13.6. The highest BCUT2D eigenvalue weighted by atomic mass is 16.7. The fourth-order valence-corrected chi connectivity index (χ4v) is 5.09. The predicted molar refractivity (Wildman–Crippen MR) is 96.2 cm³/mol. The van der Waals surface area contributed by atoms with Crippen LogP contribution < -0.4 is 0 Å². The number of hydrogen-bond donors (Lipinski definition) is 1. The van der Waals surface area contributed by atoms with Gasteiger partial charge in [-0.05, 0) is 30.4 Å². The van der Waals surface area contributed by atoms with Gasteiger partial charge in [-0.25, -0.2) is 4.79 Å². The molecule has 3 aliphatic carbocycles. The first-order valence-electron chi connectivity index (χ1n) is 9.39. The molecular formula is C21H17NO8. The van der Waals surface area contributed by atoms with E-state index in [0.717, 1.165) is 7.11 Å². The summed E-state index contributed by atoms with van der Waals surface area (Å²) in [5, 5.41) is 19.4. The van der Waals surface area contributed by atoms with Crippen LogP contribution in [0, 0.1) is 35.0 Å². The Morgan fingerprint density at radius 3 is 2.60 bits per heavy atom. The van der Waals surface area contributed by atoms with Gasteiger partial charge in [-0.15, -0.1) is 0 Å². The van der Waals surface area contributed by atoms with Crippen molar-refractivity contribution in [2.75, 3.05) is 7.11 Å². The van der Waals surface area contributed by atoms with Crippen LogP contribution in [-0.2, 0) is 30.3 Å². The zero-order chi connectivity index (χ0) is 21.8. The number of rotatable bonds is 1. The van der Waals surface area contributed by atoms with Gasteiger partial charge < -0.3 is 14.6 Å². The molecule has 4 rings (SSSR count). The summed E-state index contributed by atoms with van der Waals surface area (Å²) in [7, 11) is 0.990. The van der Waals surface area contributed by atoms with Gasteiger partial charge in [-0.3, -0.25) is 19.2 Å². The normalized spacial score (nSPS) is 32.4. The van der Waals surface area contributed by atoms with Crippen molar-refractivity contribution in [3.8, 4) is 11.8 Å². The molecule has 2 saturated carbocycles. The first kappa shape index (κ1) is 19.8. The van der Waals surface area contributed by atoms with Crippen LogP contribution in [0.2, 0.25) is 0 Å². The molecule has 9 nitrogen and oxygen atoms in total. The van der Waals surface area contributed by atoms with Gasteiger partial charge in [0.1, 0.15) is 5.75 Å². The SMILES string of the molecule is COC(=O)O[C@@]12C(=O)C(C#N)C(=O)CC1CC1Cc3cccc(O)c3C(=O)C1C2=O. The van der Waals surface area contributed by atoms with E-state index in [1.165, 1.54) is 6.07 Å². The molecule has 2 fully saturated rings. The maximum Gasteiger partial charge on any atom is 0.509 e. The highest BCUT2D eigenvalue weighted by Gasteiger charge is 2.68. The smallest absolute Gasteiger partial charge is 0.507 e. The minimum Gasteiger partial charge on any atom is -0.507 e. The number of methoxy groups -OCH3 is 1. The Hall–Kier alpha value is -3.54. The molecule has 0 saturated heterocycles. The summed E-state index contributed by atoms with van der Waals surface area (Å²) < 4.78 is 9.64. The Morgan fingerprint density at radius 2 is 1.93 bits per heavy atom. The number of carbonyl (C=O) groups is 5. The number of Topliss-reactive ketones (excluding diaryl/α,β-unsaturated/α-hetero) is 4. The van der Waals surface area contributed by atoms with Crippen molar-refractivity contribution in [1.82, 2.24) is 0 Å². The third-order valence-electron chi connectivity index (χ3n) is 6.36. The van der Waals surface area contributed by atoms with Crippen molar-refractivity contribution < 1.29 is 38.6 Å². The molecule has 0 aliphatic heterocycles. The van der Waals surface area contributed by atoms with Crippen LogP contribution in [0.4, 0.5) is 4.79 Å². The number of ketones is 4. The van der Waals surface area contributed by atoms with Crippen LogP contribution in [0.1, 0.15) is 28.8 Å². The molecule has 3 aliphatic rings. The Morgan fingerprint density at radius 1 is 1.20 bits per heavy atom. The number of fused-ring (bicyclic) bond motifs is 3. The second kappa shape index (κ2) is 6.76. The fraction of sp³-hybridized carbons (Fsp3) is 0.429. The predicted octanol–water partition coefficient (Wildman–Crippen LogP) is 1.16. The summed E-state index contributed by atoms with van der Waals surface area (Å²) in [5.41, 5.74) is -1.88. The molecule has 5 atom stereocenters. The summed E-state index contributed by atoms with van der Waals surface area (Å²) in [6.07, 6.45) is -1.26. The van der Waals surface area contributed by atoms with Crippen LogP contribution in [0.3, 0.4) is 0 Å². The molecule has 1 N–H and O–H groups in total. The first-order chi connectivity index (χ1) is 14.3. The lowest BCUT2D eigenvalue weighted by molar-refractivity contribution is -0.176. The molecule has 1 aromatic rings. The number of phenolic OH excluding ortho intramolecular Hbond substituents is 1. The highest BCUT2D eigenvalue weighted by Crippen LogP contribution is 2.51. The Bertz CT molecular complexity index is 1050. The van der Waals surface area contributed by atoms with Crippen LogP contribution in [-0.4, -0.2) is 47.1 Å². The van der Waals surface area contributed by atoms with Gasteiger partial charge in [0.15, 0.2) is 23.3 Å². The number of ether oxygens (including phenoxy) is 2. The Kier molecular flexibility index (Phi) is 4.45. The zero-order valence-electron chi connectivity index (χ0n) is 15.9. The number of hydrogen-bond acceptors (Lipinski definition) is 9. The van der Waals surface area contributed by atoms with Gasteiger partial charge >= 0.3 is 6.16 Å². The van der Waals surface area contributed by atoms with Crippen molar-refractivity contribution >= 4 is 29.3 Å². The summed E-state index contributed by atoms with van der Waals surface area (Å²) in [6, 6.07) is 6.15. The molecule has 0 radical (unpaired) electrons. The topological polar surface area (TPSA) is 148 Å². The van der Waals surface area contributed by atoms with E-state index in [4.69, 9.17) is 4.74 Å². The second-order valence-corrected chi connectivity index (χ2v) is 7.80. The van der Waals surface area contributed by atoms with Crippen molar-refractivity contribution in [2.45, 2.75) is 24.9 Å². The molecule has 1 aromatic carbocycles. The van der Waals surface area contributed by atoms with Gasteiger partial charge in [0, 0.05) is 12.3 Å². The average Bonchev–Trinajstić information content (AvgIpc) is 2.70. The number of nitriles is 1. The van der Waals surface area contributed by atoms with Crippen LogP contribution >= 0.6 is 0 Å². The number of benzene rings is 1. The molecule has 0 heterocycles. The van der Waals surface area contributed by atoms with E-state index in [1.54, 1.807) is 18.2 Å². The van der Waals surface area contributed by atoms with E-state index in [2.05, 4.69) is 4.74 Å². The second-order valence-electron chi connectivity index (χ2n) is 7.80. The maximum absolute atomic E-state index is 13.6. The first-order valence-corrected chi connectivity index (χ1v) is 9.39. The fourth-order valence-electron chi connectivity index (χ4n) is 5.09. The van der Waals surface area contributed by atoms with Gasteiger partial charge in [-0.1, -0.05) is 12.1 Å². The number of carbonyl (C=O) groups excluding carboxylic acids is 5. The van der Waals surface area contributed by atoms with Crippen molar-refractivity contribution in [2.24, 2.45) is 23.7 Å². The third-order valence-corrected chi connectivity index (χ3v) is 6.36. The number of aromatic hydroxyl groups is 1. The molecule has 0 amide bonds. The van der Waals surface area contributed by atoms with Gasteiger partial charge in [-0.2, -0.15) is 5.26 Å². The number of nitrogens with zero attached hydrogens (tertiary/aromatic N) is 1. The minimum absolute atomic E-state index is 0.00469. The average molecular weight is 411 g/mol. The third kappa shape index (κ3) is 2.49. The van der Waals surface area contributed by atoms with E-state index < -0.39 is 58.6 Å². The summed E-state index contributed by atoms with van der Waals surface area (Å²) in [6.45, 7) is 0.